The highest BCUT2D eigenvalue weighted by molar-refractivity contribution is 5.99. The van der Waals surface area contributed by atoms with E-state index >= 15 is 0 Å². The third kappa shape index (κ3) is 5.12. The zero-order valence-corrected chi connectivity index (χ0v) is 21.4. The Labute approximate surface area is 219 Å². The van der Waals surface area contributed by atoms with Crippen LogP contribution in [-0.2, 0) is 4.74 Å². The minimum atomic E-state index is -0.342. The first-order valence-corrected chi connectivity index (χ1v) is 12.5. The molecular formula is C28H29FN6O3. The SMILES string of the molecule is COCCN(C)C(=O)c1cnc(C2CCN(C(=O)c3c(-c4ccc(F)cc4)nc4ccccn34)CC2)cn1. The lowest BCUT2D eigenvalue weighted by Crippen LogP contribution is -2.39. The third-order valence-corrected chi connectivity index (χ3v) is 6.92. The van der Waals surface area contributed by atoms with Gasteiger partial charge in [0.25, 0.3) is 11.8 Å². The van der Waals surface area contributed by atoms with Gasteiger partial charge in [0.1, 0.15) is 28.5 Å². The van der Waals surface area contributed by atoms with E-state index in [0.29, 0.717) is 54.5 Å². The molecule has 9 nitrogen and oxygen atoms in total. The van der Waals surface area contributed by atoms with E-state index in [0.717, 1.165) is 18.5 Å². The fourth-order valence-corrected chi connectivity index (χ4v) is 4.72. The lowest BCUT2D eigenvalue weighted by molar-refractivity contribution is 0.0703. The molecule has 10 heteroatoms. The predicted octanol–water partition coefficient (Wildman–Crippen LogP) is 3.67. The van der Waals surface area contributed by atoms with E-state index < -0.39 is 0 Å². The zero-order chi connectivity index (χ0) is 26.6. The molecule has 0 radical (unpaired) electrons. The number of methoxy groups -OCH3 is 1. The van der Waals surface area contributed by atoms with Crippen molar-refractivity contribution in [1.82, 2.24) is 29.2 Å². The van der Waals surface area contributed by atoms with Crippen molar-refractivity contribution in [2.45, 2.75) is 18.8 Å². The molecule has 0 aliphatic carbocycles. The summed E-state index contributed by atoms with van der Waals surface area (Å²) in [7, 11) is 3.29. The van der Waals surface area contributed by atoms with E-state index in [-0.39, 0.29) is 23.5 Å². The minimum Gasteiger partial charge on any atom is -0.383 e. The lowest BCUT2D eigenvalue weighted by Gasteiger charge is -2.31. The summed E-state index contributed by atoms with van der Waals surface area (Å²) in [5.41, 5.74) is 3.45. The second-order valence-electron chi connectivity index (χ2n) is 9.36. The summed E-state index contributed by atoms with van der Waals surface area (Å²) >= 11 is 0. The molecule has 1 aliphatic rings. The molecule has 5 rings (SSSR count). The first-order valence-electron chi connectivity index (χ1n) is 12.5. The van der Waals surface area contributed by atoms with Gasteiger partial charge in [0.05, 0.1) is 18.5 Å². The quantitative estimate of drug-likeness (QED) is 0.372. The fourth-order valence-electron chi connectivity index (χ4n) is 4.72. The molecule has 0 spiro atoms. The summed E-state index contributed by atoms with van der Waals surface area (Å²) < 4.78 is 20.4. The maximum atomic E-state index is 13.7. The van der Waals surface area contributed by atoms with Crippen molar-refractivity contribution in [2.24, 2.45) is 0 Å². The second kappa shape index (κ2) is 11.1. The van der Waals surface area contributed by atoms with Crippen molar-refractivity contribution >= 4 is 17.5 Å². The Kier molecular flexibility index (Phi) is 7.41. The van der Waals surface area contributed by atoms with E-state index in [1.54, 1.807) is 41.8 Å². The average Bonchev–Trinajstić information content (AvgIpc) is 3.35. The number of carbonyl (C=O) groups excluding carboxylic acids is 2. The number of nitrogens with zero attached hydrogens (tertiary/aromatic N) is 6. The largest absolute Gasteiger partial charge is 0.383 e. The Hall–Kier alpha value is -4.18. The van der Waals surface area contributed by atoms with Crippen LogP contribution in [0.5, 0.6) is 0 Å². The number of pyridine rings is 1. The van der Waals surface area contributed by atoms with Gasteiger partial charge in [0.2, 0.25) is 0 Å². The maximum Gasteiger partial charge on any atom is 0.273 e. The Morgan fingerprint density at radius 1 is 1.08 bits per heavy atom. The first-order chi connectivity index (χ1) is 18.5. The van der Waals surface area contributed by atoms with Crippen LogP contribution in [0.1, 0.15) is 45.4 Å². The molecule has 196 valence electrons. The molecule has 4 heterocycles. The van der Waals surface area contributed by atoms with Gasteiger partial charge in [0, 0.05) is 57.7 Å². The molecule has 0 saturated carbocycles. The number of piperidine rings is 1. The van der Waals surface area contributed by atoms with Gasteiger partial charge >= 0.3 is 0 Å². The lowest BCUT2D eigenvalue weighted by atomic mass is 9.93. The number of hydrogen-bond acceptors (Lipinski definition) is 6. The summed E-state index contributed by atoms with van der Waals surface area (Å²) in [4.78, 5) is 43.2. The van der Waals surface area contributed by atoms with Crippen LogP contribution >= 0.6 is 0 Å². The van der Waals surface area contributed by atoms with Crippen LogP contribution in [0, 0.1) is 5.82 Å². The van der Waals surface area contributed by atoms with Crippen LogP contribution in [0.2, 0.25) is 0 Å². The summed E-state index contributed by atoms with van der Waals surface area (Å²) in [5, 5.41) is 0. The number of aromatic nitrogens is 4. The van der Waals surface area contributed by atoms with Gasteiger partial charge in [-0.15, -0.1) is 0 Å². The molecule has 0 atom stereocenters. The molecular weight excluding hydrogens is 487 g/mol. The average molecular weight is 517 g/mol. The first kappa shape index (κ1) is 25.5. The molecule has 3 aromatic heterocycles. The van der Waals surface area contributed by atoms with E-state index in [4.69, 9.17) is 4.74 Å². The third-order valence-electron chi connectivity index (χ3n) is 6.92. The number of rotatable bonds is 7. The summed E-state index contributed by atoms with van der Waals surface area (Å²) in [6, 6.07) is 11.6. The molecule has 0 N–H and O–H groups in total. The monoisotopic (exact) mass is 516 g/mol. The molecule has 1 saturated heterocycles. The van der Waals surface area contributed by atoms with Crippen LogP contribution in [0.4, 0.5) is 4.39 Å². The van der Waals surface area contributed by atoms with Gasteiger partial charge in [0.15, 0.2) is 0 Å². The number of hydrogen-bond donors (Lipinski definition) is 0. The number of benzene rings is 1. The molecule has 1 fully saturated rings. The smallest absolute Gasteiger partial charge is 0.273 e. The van der Waals surface area contributed by atoms with Crippen LogP contribution < -0.4 is 0 Å². The number of likely N-dealkylation sites (tertiary alicyclic amines) is 1. The Balaban J connectivity index is 1.30. The summed E-state index contributed by atoms with van der Waals surface area (Å²) in [5.74, 6) is -0.522. The number of ether oxygens (including phenoxy) is 1. The highest BCUT2D eigenvalue weighted by Gasteiger charge is 2.30. The second-order valence-corrected chi connectivity index (χ2v) is 9.36. The van der Waals surface area contributed by atoms with E-state index in [9.17, 15) is 14.0 Å². The van der Waals surface area contributed by atoms with Gasteiger partial charge in [-0.05, 0) is 49.2 Å². The standard InChI is InChI=1S/C28H29FN6O3/c1-33(15-16-38-2)27(36)23-18-30-22(17-31-23)19-10-13-34(14-11-19)28(37)26-25(20-6-8-21(29)9-7-20)32-24-5-3-4-12-35(24)26/h3-9,12,17-19H,10-11,13-16H2,1-2H3. The number of carbonyl (C=O) groups is 2. The van der Waals surface area contributed by atoms with Crippen molar-refractivity contribution in [3.63, 3.8) is 0 Å². The van der Waals surface area contributed by atoms with Gasteiger partial charge in [-0.3, -0.25) is 19.0 Å². The minimum absolute atomic E-state index is 0.118. The fraction of sp³-hybridized carbons (Fsp3) is 0.321. The normalized spacial score (nSPS) is 14.1. The Bertz CT molecular complexity index is 1430. The predicted molar refractivity (Wildman–Crippen MR) is 139 cm³/mol. The molecule has 2 amide bonds. The van der Waals surface area contributed by atoms with Crippen LogP contribution in [0.15, 0.2) is 61.1 Å². The highest BCUT2D eigenvalue weighted by Crippen LogP contribution is 2.30. The molecule has 0 unspecified atom stereocenters. The van der Waals surface area contributed by atoms with Crippen molar-refractivity contribution in [2.75, 3.05) is 40.4 Å². The van der Waals surface area contributed by atoms with Crippen LogP contribution in [-0.4, -0.2) is 81.4 Å². The van der Waals surface area contributed by atoms with Gasteiger partial charge in [-0.25, -0.2) is 14.4 Å². The van der Waals surface area contributed by atoms with Crippen molar-refractivity contribution in [3.05, 3.63) is 84.0 Å². The number of likely N-dealkylation sites (N-methyl/N-ethyl adjacent to an activating group) is 1. The molecule has 38 heavy (non-hydrogen) atoms. The van der Waals surface area contributed by atoms with E-state index in [2.05, 4.69) is 15.0 Å². The van der Waals surface area contributed by atoms with Crippen LogP contribution in [0.25, 0.3) is 16.9 Å². The number of imidazole rings is 1. The van der Waals surface area contributed by atoms with Gasteiger partial charge in [-0.1, -0.05) is 6.07 Å². The maximum absolute atomic E-state index is 13.7. The number of halogens is 1. The van der Waals surface area contributed by atoms with Crippen molar-refractivity contribution in [1.29, 1.82) is 0 Å². The Morgan fingerprint density at radius 2 is 1.84 bits per heavy atom. The molecule has 4 aromatic rings. The summed E-state index contributed by atoms with van der Waals surface area (Å²) in [6.45, 7) is 2.02. The zero-order valence-electron chi connectivity index (χ0n) is 21.4. The van der Waals surface area contributed by atoms with E-state index in [1.807, 2.05) is 29.3 Å². The van der Waals surface area contributed by atoms with Crippen molar-refractivity contribution < 1.29 is 18.7 Å². The summed E-state index contributed by atoms with van der Waals surface area (Å²) in [6.07, 6.45) is 6.46. The van der Waals surface area contributed by atoms with Crippen LogP contribution in [0.3, 0.4) is 0 Å². The topological polar surface area (TPSA) is 92.9 Å². The highest BCUT2D eigenvalue weighted by atomic mass is 19.1. The van der Waals surface area contributed by atoms with Crippen molar-refractivity contribution in [3.8, 4) is 11.3 Å². The Morgan fingerprint density at radius 3 is 2.53 bits per heavy atom. The van der Waals surface area contributed by atoms with Gasteiger partial charge < -0.3 is 14.5 Å². The van der Waals surface area contributed by atoms with E-state index in [1.165, 1.54) is 18.3 Å². The molecule has 1 aromatic carbocycles. The molecule has 1 aliphatic heterocycles. The number of amides is 2. The van der Waals surface area contributed by atoms with Gasteiger partial charge in [-0.2, -0.15) is 0 Å². The molecule has 0 bridgehead atoms. The number of fused-ring (bicyclic) bond motifs is 1.